The second-order valence-electron chi connectivity index (χ2n) is 5.68. The quantitative estimate of drug-likeness (QED) is 0.693. The Hall–Kier alpha value is -1.13. The first-order chi connectivity index (χ1) is 9.84. The molecule has 0 bridgehead atoms. The zero-order valence-corrected chi connectivity index (χ0v) is 14.9. The first kappa shape index (κ1) is 16.2. The van der Waals surface area contributed by atoms with Crippen LogP contribution in [0.4, 0.5) is 0 Å². The molecule has 3 nitrogen and oxygen atoms in total. The van der Waals surface area contributed by atoms with Gasteiger partial charge < -0.3 is 4.74 Å². The summed E-state index contributed by atoms with van der Waals surface area (Å²) in [6, 6.07) is 7.72. The van der Waals surface area contributed by atoms with E-state index in [4.69, 9.17) is 21.3 Å². The normalized spacial score (nSPS) is 11.5. The standard InChI is InChI=1S/C16H18BrClN2O/c1-5-21-11-9-7-6-8-10(11)15-19-13(16(2,3)4)12(17)14(18)20-15/h6-9H,5H2,1-4H3. The summed E-state index contributed by atoms with van der Waals surface area (Å²) in [5, 5.41) is 0.413. The maximum Gasteiger partial charge on any atom is 0.164 e. The maximum atomic E-state index is 6.27. The molecular formula is C16H18BrClN2O. The predicted molar refractivity (Wildman–Crippen MR) is 90.0 cm³/mol. The highest BCUT2D eigenvalue weighted by atomic mass is 79.9. The van der Waals surface area contributed by atoms with Crippen molar-refractivity contribution >= 4 is 27.5 Å². The molecule has 0 amide bonds. The Kier molecular flexibility index (Phi) is 4.89. The van der Waals surface area contributed by atoms with Crippen molar-refractivity contribution < 1.29 is 4.74 Å². The molecule has 0 radical (unpaired) electrons. The van der Waals surface area contributed by atoms with Gasteiger partial charge in [0.05, 0.1) is 22.3 Å². The lowest BCUT2D eigenvalue weighted by molar-refractivity contribution is 0.341. The smallest absolute Gasteiger partial charge is 0.164 e. The average molecular weight is 370 g/mol. The molecule has 0 aliphatic heterocycles. The van der Waals surface area contributed by atoms with E-state index in [0.717, 1.165) is 21.5 Å². The van der Waals surface area contributed by atoms with Crippen LogP contribution in [0.5, 0.6) is 5.75 Å². The third kappa shape index (κ3) is 3.55. The molecule has 1 aromatic carbocycles. The van der Waals surface area contributed by atoms with Gasteiger partial charge in [-0.15, -0.1) is 0 Å². The van der Waals surface area contributed by atoms with E-state index in [-0.39, 0.29) is 5.41 Å². The minimum absolute atomic E-state index is 0.138. The molecule has 0 saturated heterocycles. The molecule has 1 heterocycles. The van der Waals surface area contributed by atoms with E-state index >= 15 is 0 Å². The van der Waals surface area contributed by atoms with Crippen LogP contribution in [0.3, 0.4) is 0 Å². The van der Waals surface area contributed by atoms with Gasteiger partial charge in [0, 0.05) is 5.41 Å². The van der Waals surface area contributed by atoms with Gasteiger partial charge in [-0.25, -0.2) is 9.97 Å². The topological polar surface area (TPSA) is 35.0 Å². The lowest BCUT2D eigenvalue weighted by atomic mass is 9.92. The first-order valence-corrected chi connectivity index (χ1v) is 7.97. The fraction of sp³-hybridized carbons (Fsp3) is 0.375. The Balaban J connectivity index is 2.63. The summed E-state index contributed by atoms with van der Waals surface area (Å²) < 4.78 is 6.40. The zero-order valence-electron chi connectivity index (χ0n) is 12.6. The number of benzene rings is 1. The summed E-state index contributed by atoms with van der Waals surface area (Å²) in [7, 11) is 0. The van der Waals surface area contributed by atoms with Crippen LogP contribution in [0.25, 0.3) is 11.4 Å². The number of aromatic nitrogens is 2. The second-order valence-corrected chi connectivity index (χ2v) is 6.83. The summed E-state index contributed by atoms with van der Waals surface area (Å²) in [6.07, 6.45) is 0. The van der Waals surface area contributed by atoms with Crippen molar-refractivity contribution in [2.45, 2.75) is 33.1 Å². The van der Waals surface area contributed by atoms with Crippen LogP contribution in [0, 0.1) is 0 Å². The van der Waals surface area contributed by atoms with Crippen molar-refractivity contribution in [3.8, 4) is 17.1 Å². The number of ether oxygens (including phenoxy) is 1. The Bertz CT molecular complexity index is 653. The lowest BCUT2D eigenvalue weighted by Gasteiger charge is -2.21. The number of rotatable bonds is 3. The van der Waals surface area contributed by atoms with E-state index in [0.29, 0.717) is 17.6 Å². The first-order valence-electron chi connectivity index (χ1n) is 6.80. The van der Waals surface area contributed by atoms with Crippen molar-refractivity contribution in [3.05, 3.63) is 39.6 Å². The third-order valence-corrected chi connectivity index (χ3v) is 4.20. The van der Waals surface area contributed by atoms with Gasteiger partial charge in [-0.2, -0.15) is 0 Å². The number of para-hydroxylation sites is 1. The Morgan fingerprint density at radius 3 is 2.48 bits per heavy atom. The van der Waals surface area contributed by atoms with Crippen LogP contribution in [0.1, 0.15) is 33.4 Å². The van der Waals surface area contributed by atoms with E-state index in [2.05, 4.69) is 41.7 Å². The average Bonchev–Trinajstić information content (AvgIpc) is 2.41. The zero-order chi connectivity index (χ0) is 15.6. The van der Waals surface area contributed by atoms with Gasteiger partial charge in [0.15, 0.2) is 5.82 Å². The Morgan fingerprint density at radius 2 is 1.86 bits per heavy atom. The molecule has 0 atom stereocenters. The summed E-state index contributed by atoms with van der Waals surface area (Å²) >= 11 is 9.75. The van der Waals surface area contributed by atoms with Crippen LogP contribution in [0.2, 0.25) is 5.15 Å². The summed E-state index contributed by atoms with van der Waals surface area (Å²) in [5.41, 5.74) is 1.59. The van der Waals surface area contributed by atoms with Gasteiger partial charge in [-0.1, -0.05) is 44.5 Å². The predicted octanol–water partition coefficient (Wildman–Crippen LogP) is 5.26. The minimum atomic E-state index is -0.138. The maximum absolute atomic E-state index is 6.27. The van der Waals surface area contributed by atoms with Crippen molar-refractivity contribution in [2.24, 2.45) is 0 Å². The number of hydrogen-bond acceptors (Lipinski definition) is 3. The molecular weight excluding hydrogens is 352 g/mol. The van der Waals surface area contributed by atoms with Gasteiger partial charge in [-0.05, 0) is 35.0 Å². The van der Waals surface area contributed by atoms with Crippen LogP contribution in [-0.2, 0) is 5.41 Å². The van der Waals surface area contributed by atoms with Crippen LogP contribution in [0.15, 0.2) is 28.7 Å². The molecule has 2 aromatic rings. The van der Waals surface area contributed by atoms with E-state index in [1.165, 1.54) is 0 Å². The molecule has 0 spiro atoms. The summed E-state index contributed by atoms with van der Waals surface area (Å²) in [6.45, 7) is 8.82. The summed E-state index contributed by atoms with van der Waals surface area (Å²) in [4.78, 5) is 9.08. The molecule has 1 aromatic heterocycles. The van der Waals surface area contributed by atoms with Crippen LogP contribution < -0.4 is 4.74 Å². The Morgan fingerprint density at radius 1 is 1.19 bits per heavy atom. The van der Waals surface area contributed by atoms with Crippen LogP contribution >= 0.6 is 27.5 Å². The molecule has 5 heteroatoms. The molecule has 0 saturated carbocycles. The number of halogens is 2. The molecule has 2 rings (SSSR count). The van der Waals surface area contributed by atoms with Crippen molar-refractivity contribution in [1.82, 2.24) is 9.97 Å². The lowest BCUT2D eigenvalue weighted by Crippen LogP contribution is -2.16. The van der Waals surface area contributed by atoms with E-state index in [9.17, 15) is 0 Å². The van der Waals surface area contributed by atoms with E-state index in [1.807, 2.05) is 31.2 Å². The second kappa shape index (κ2) is 6.32. The molecule has 112 valence electrons. The highest BCUT2D eigenvalue weighted by Crippen LogP contribution is 2.36. The molecule has 0 fully saturated rings. The fourth-order valence-corrected chi connectivity index (χ4v) is 2.91. The van der Waals surface area contributed by atoms with Crippen molar-refractivity contribution in [1.29, 1.82) is 0 Å². The summed E-state index contributed by atoms with van der Waals surface area (Å²) in [5.74, 6) is 1.34. The molecule has 21 heavy (non-hydrogen) atoms. The van der Waals surface area contributed by atoms with Crippen molar-refractivity contribution in [3.63, 3.8) is 0 Å². The van der Waals surface area contributed by atoms with Gasteiger partial charge in [0.25, 0.3) is 0 Å². The van der Waals surface area contributed by atoms with Gasteiger partial charge in [0.1, 0.15) is 10.9 Å². The molecule has 0 aliphatic rings. The monoisotopic (exact) mass is 368 g/mol. The van der Waals surface area contributed by atoms with Gasteiger partial charge >= 0.3 is 0 Å². The number of hydrogen-bond donors (Lipinski definition) is 0. The van der Waals surface area contributed by atoms with E-state index < -0.39 is 0 Å². The third-order valence-electron chi connectivity index (χ3n) is 2.95. The molecule has 0 N–H and O–H groups in total. The Labute approximate surface area is 138 Å². The van der Waals surface area contributed by atoms with Gasteiger partial charge in [0.2, 0.25) is 0 Å². The highest BCUT2D eigenvalue weighted by Gasteiger charge is 2.23. The fourth-order valence-electron chi connectivity index (χ4n) is 1.97. The SMILES string of the molecule is CCOc1ccccc1-c1nc(Cl)c(Br)c(C(C)(C)C)n1. The van der Waals surface area contributed by atoms with Gasteiger partial charge in [-0.3, -0.25) is 0 Å². The largest absolute Gasteiger partial charge is 0.493 e. The molecule has 0 aliphatic carbocycles. The highest BCUT2D eigenvalue weighted by molar-refractivity contribution is 9.10. The van der Waals surface area contributed by atoms with E-state index in [1.54, 1.807) is 0 Å². The minimum Gasteiger partial charge on any atom is -0.493 e. The van der Waals surface area contributed by atoms with Crippen molar-refractivity contribution in [2.75, 3.05) is 6.61 Å². The van der Waals surface area contributed by atoms with Crippen LogP contribution in [-0.4, -0.2) is 16.6 Å². The number of nitrogens with zero attached hydrogens (tertiary/aromatic N) is 2. The molecule has 0 unspecified atom stereocenters.